The van der Waals surface area contributed by atoms with Gasteiger partial charge in [-0.2, -0.15) is 0 Å². The first-order valence-electron chi connectivity index (χ1n) is 10.9. The van der Waals surface area contributed by atoms with Gasteiger partial charge in [-0.25, -0.2) is 21.6 Å². The molecule has 0 saturated heterocycles. The van der Waals surface area contributed by atoms with Crippen molar-refractivity contribution in [3.8, 4) is 0 Å². The van der Waals surface area contributed by atoms with E-state index in [9.17, 15) is 36.6 Å². The lowest BCUT2D eigenvalue weighted by molar-refractivity contribution is -0.195. The average Bonchev–Trinajstić information content (AvgIpc) is 2.82. The number of amides is 1. The molecule has 12 heteroatoms. The number of sulfone groups is 1. The first kappa shape index (κ1) is 25.9. The van der Waals surface area contributed by atoms with Crippen LogP contribution in [0.3, 0.4) is 0 Å². The van der Waals surface area contributed by atoms with Gasteiger partial charge in [0.05, 0.1) is 33.5 Å². The number of aliphatic hydroxyl groups is 3. The Morgan fingerprint density at radius 2 is 1.71 bits per heavy atom. The molecule has 0 aromatic heterocycles. The summed E-state index contributed by atoms with van der Waals surface area (Å²) >= 11 is 6.15. The summed E-state index contributed by atoms with van der Waals surface area (Å²) in [6.07, 6.45) is -0.317. The Morgan fingerprint density at radius 3 is 2.29 bits per heavy atom. The summed E-state index contributed by atoms with van der Waals surface area (Å²) in [6.45, 7) is -0.509. The third-order valence-corrected chi connectivity index (χ3v) is 9.69. The molecule has 2 aromatic carbocycles. The number of carbonyl (C=O) groups excluding carboxylic acids is 1. The quantitative estimate of drug-likeness (QED) is 0.406. The van der Waals surface area contributed by atoms with E-state index in [1.54, 1.807) is 0 Å². The van der Waals surface area contributed by atoms with Crippen molar-refractivity contribution in [1.82, 2.24) is 0 Å². The molecule has 2 aromatic rings. The Labute approximate surface area is 204 Å². The van der Waals surface area contributed by atoms with Crippen LogP contribution in [0.5, 0.6) is 0 Å². The van der Waals surface area contributed by atoms with Crippen LogP contribution < -0.4 is 5.32 Å². The summed E-state index contributed by atoms with van der Waals surface area (Å²) in [5, 5.41) is 30.9. The second-order valence-corrected chi connectivity index (χ2v) is 11.8. The maximum atomic E-state index is 13.4. The third kappa shape index (κ3) is 4.67. The molecule has 3 atom stereocenters. The number of anilines is 1. The molecular weight excluding hydrogens is 511 g/mol. The van der Waals surface area contributed by atoms with Crippen molar-refractivity contribution < 1.29 is 41.7 Å². The summed E-state index contributed by atoms with van der Waals surface area (Å²) in [7, 11) is -4.03. The Hall–Kier alpha value is -2.18. The average molecular weight is 534 g/mol. The number of benzene rings is 2. The van der Waals surface area contributed by atoms with Crippen LogP contribution in [0.2, 0.25) is 5.02 Å². The van der Waals surface area contributed by atoms with E-state index in [1.807, 2.05) is 0 Å². The number of hydrogen-bond acceptors (Lipinski definition) is 6. The molecular formula is C23H23ClF3NO6S. The van der Waals surface area contributed by atoms with Crippen molar-refractivity contribution in [1.29, 1.82) is 0 Å². The van der Waals surface area contributed by atoms with Crippen LogP contribution in [0, 0.1) is 29.3 Å². The summed E-state index contributed by atoms with van der Waals surface area (Å²) in [5.74, 6) is -6.33. The van der Waals surface area contributed by atoms with Crippen molar-refractivity contribution in [3.63, 3.8) is 0 Å². The van der Waals surface area contributed by atoms with Gasteiger partial charge in [0.2, 0.25) is 0 Å². The molecule has 0 spiro atoms. The minimum Gasteiger partial charge on any atom is -0.394 e. The summed E-state index contributed by atoms with van der Waals surface area (Å²) in [6, 6.07) is 4.69. The molecule has 3 aliphatic rings. The van der Waals surface area contributed by atoms with Crippen molar-refractivity contribution in [2.24, 2.45) is 11.8 Å². The summed E-state index contributed by atoms with van der Waals surface area (Å²) < 4.78 is 66.8. The predicted molar refractivity (Wildman–Crippen MR) is 120 cm³/mol. The minimum atomic E-state index is -4.03. The van der Waals surface area contributed by atoms with Gasteiger partial charge in [-0.3, -0.25) is 4.79 Å². The second kappa shape index (κ2) is 9.36. The van der Waals surface area contributed by atoms with Gasteiger partial charge >= 0.3 is 0 Å². The fourth-order valence-corrected chi connectivity index (χ4v) is 7.56. The normalized spacial score (nSPS) is 26.7. The van der Waals surface area contributed by atoms with Crippen molar-refractivity contribution in [2.45, 2.75) is 47.5 Å². The second-order valence-electron chi connectivity index (χ2n) is 9.15. The molecule has 2 bridgehead atoms. The van der Waals surface area contributed by atoms with Gasteiger partial charge in [-0.1, -0.05) is 11.6 Å². The monoisotopic (exact) mass is 533 g/mol. The molecule has 35 heavy (non-hydrogen) atoms. The van der Waals surface area contributed by atoms with E-state index in [1.165, 1.54) is 12.1 Å². The number of hydrogen-bond donors (Lipinski definition) is 4. The van der Waals surface area contributed by atoms with Crippen molar-refractivity contribution in [2.75, 3.05) is 11.9 Å². The van der Waals surface area contributed by atoms with Gasteiger partial charge in [-0.05, 0) is 49.3 Å². The number of halogens is 4. The van der Waals surface area contributed by atoms with E-state index >= 15 is 0 Å². The third-order valence-electron chi connectivity index (χ3n) is 7.03. The van der Waals surface area contributed by atoms with Crippen LogP contribution in [0.15, 0.2) is 35.2 Å². The maximum Gasteiger partial charge on any atom is 0.255 e. The molecule has 5 rings (SSSR count). The van der Waals surface area contributed by atoms with Gasteiger partial charge in [0.15, 0.2) is 27.3 Å². The first-order valence-corrected chi connectivity index (χ1v) is 12.8. The smallest absolute Gasteiger partial charge is 0.255 e. The highest BCUT2D eigenvalue weighted by Gasteiger charge is 2.60. The van der Waals surface area contributed by atoms with Crippen molar-refractivity contribution >= 4 is 33.0 Å². The number of carbonyl (C=O) groups is 1. The Balaban J connectivity index is 1.54. The Bertz CT molecular complexity index is 1240. The molecule has 3 unspecified atom stereocenters. The van der Waals surface area contributed by atoms with Crippen LogP contribution in [-0.4, -0.2) is 53.2 Å². The molecule has 0 aliphatic heterocycles. The van der Waals surface area contributed by atoms with Crippen molar-refractivity contribution in [3.05, 3.63) is 58.4 Å². The molecule has 4 N–H and O–H groups in total. The first-order chi connectivity index (χ1) is 16.4. The molecule has 190 valence electrons. The van der Waals surface area contributed by atoms with E-state index in [4.69, 9.17) is 16.7 Å². The van der Waals surface area contributed by atoms with Gasteiger partial charge in [0, 0.05) is 29.8 Å². The van der Waals surface area contributed by atoms with Crippen LogP contribution in [-0.2, 0) is 9.84 Å². The zero-order valence-corrected chi connectivity index (χ0v) is 19.8. The lowest BCUT2D eigenvalue weighted by atomic mass is 9.52. The van der Waals surface area contributed by atoms with E-state index in [-0.39, 0.29) is 52.3 Å². The number of nitrogens with one attached hydrogen (secondary N) is 1. The highest BCUT2D eigenvalue weighted by Crippen LogP contribution is 2.57. The molecule has 7 nitrogen and oxygen atoms in total. The van der Waals surface area contributed by atoms with Gasteiger partial charge in [-0.15, -0.1) is 0 Å². The SMILES string of the molecule is O=C(Nc1cc(F)c(F)c(F)c1)c1ccc(Cl)c(S(=O)(=O)C2CC3CC(C2)C3(O)CC(O)CO)c1. The van der Waals surface area contributed by atoms with E-state index in [0.29, 0.717) is 18.6 Å². The van der Waals surface area contributed by atoms with E-state index in [2.05, 4.69) is 5.32 Å². The highest BCUT2D eigenvalue weighted by molar-refractivity contribution is 7.92. The predicted octanol–water partition coefficient (Wildman–Crippen LogP) is 3.06. The summed E-state index contributed by atoms with van der Waals surface area (Å²) in [4.78, 5) is 12.3. The van der Waals surface area contributed by atoms with Crippen LogP contribution in [0.1, 0.15) is 36.0 Å². The molecule has 3 aliphatic carbocycles. The highest BCUT2D eigenvalue weighted by atomic mass is 35.5. The van der Waals surface area contributed by atoms with Gasteiger partial charge in [0.1, 0.15) is 0 Å². The van der Waals surface area contributed by atoms with E-state index < -0.39 is 56.8 Å². The van der Waals surface area contributed by atoms with Gasteiger partial charge in [0.25, 0.3) is 5.91 Å². The maximum absolute atomic E-state index is 13.4. The number of rotatable bonds is 7. The Kier molecular flexibility index (Phi) is 6.93. The topological polar surface area (TPSA) is 124 Å². The van der Waals surface area contributed by atoms with E-state index in [0.717, 1.165) is 6.07 Å². The largest absolute Gasteiger partial charge is 0.394 e. The minimum absolute atomic E-state index is 0.0490. The zero-order valence-electron chi connectivity index (χ0n) is 18.2. The molecule has 0 heterocycles. The zero-order chi connectivity index (χ0) is 25.7. The molecule has 0 radical (unpaired) electrons. The molecule has 1 amide bonds. The number of fused-ring (bicyclic) bond motifs is 2. The standard InChI is InChI=1S/C23H23ClF3NO6S/c24-17-2-1-11(22(31)28-14-7-18(25)21(27)19(26)8-14)3-20(17)35(33,34)16-5-12-4-13(6-16)23(12,32)9-15(30)10-29/h1-3,7-8,12-13,15-16,29-30,32H,4-6,9-10H2,(H,28,31). The van der Waals surface area contributed by atoms with Crippen LogP contribution >= 0.6 is 11.6 Å². The fourth-order valence-electron chi connectivity index (χ4n) is 5.16. The lowest BCUT2D eigenvalue weighted by Gasteiger charge is -2.59. The molecule has 3 saturated carbocycles. The van der Waals surface area contributed by atoms with Gasteiger partial charge < -0.3 is 20.6 Å². The number of aliphatic hydroxyl groups excluding tert-OH is 2. The lowest BCUT2D eigenvalue weighted by Crippen LogP contribution is -2.63. The molecule has 3 fully saturated rings. The fraction of sp³-hybridized carbons (Fsp3) is 0.435. The summed E-state index contributed by atoms with van der Waals surface area (Å²) in [5.41, 5.74) is -1.76. The van der Waals surface area contributed by atoms with Crippen LogP contribution in [0.25, 0.3) is 0 Å². The van der Waals surface area contributed by atoms with Crippen LogP contribution in [0.4, 0.5) is 18.9 Å². The Morgan fingerprint density at radius 1 is 1.11 bits per heavy atom.